The third-order valence-corrected chi connectivity index (χ3v) is 3.73. The molecule has 0 amide bonds. The van der Waals surface area contributed by atoms with Gasteiger partial charge < -0.3 is 25.1 Å². The van der Waals surface area contributed by atoms with Crippen LogP contribution in [-0.2, 0) is 20.9 Å². The quantitative estimate of drug-likeness (QED) is 0.155. The fourth-order valence-electron chi connectivity index (χ4n) is 2.31. The molecule has 0 fully saturated rings. The van der Waals surface area contributed by atoms with E-state index in [0.29, 0.717) is 12.4 Å². The summed E-state index contributed by atoms with van der Waals surface area (Å²) in [6.07, 6.45) is 1.45. The molecule has 0 spiro atoms. The van der Waals surface area contributed by atoms with Crippen molar-refractivity contribution in [1.82, 2.24) is 0 Å². The predicted octanol–water partition coefficient (Wildman–Crippen LogP) is 3.33. The van der Waals surface area contributed by atoms with E-state index in [4.69, 9.17) is 19.9 Å². The standard InChI is InChI=1S/C22H25N3O5/c1-3-28-21(26)19(22(27)29-4-2)20(23)25-24-14-16-10-12-18(13-11-16)30-15-17-8-6-5-7-9-17/h5-14,26H,3-4,15H2,1-2H3,(H2,23,25)/b21-19?,24-14-. The van der Waals surface area contributed by atoms with Crippen LogP contribution < -0.4 is 10.5 Å². The van der Waals surface area contributed by atoms with Gasteiger partial charge in [-0.3, -0.25) is 0 Å². The summed E-state index contributed by atoms with van der Waals surface area (Å²) in [5.41, 5.74) is 7.23. The first kappa shape index (κ1) is 22.5. The van der Waals surface area contributed by atoms with E-state index in [9.17, 15) is 9.90 Å². The molecule has 158 valence electrons. The average Bonchev–Trinajstić information content (AvgIpc) is 2.74. The van der Waals surface area contributed by atoms with E-state index >= 15 is 0 Å². The molecule has 0 saturated heterocycles. The minimum atomic E-state index is -0.847. The second-order valence-electron chi connectivity index (χ2n) is 5.91. The Morgan fingerprint density at radius 2 is 1.70 bits per heavy atom. The van der Waals surface area contributed by atoms with Gasteiger partial charge in [0.25, 0.3) is 5.95 Å². The van der Waals surface area contributed by atoms with Gasteiger partial charge in [-0.1, -0.05) is 30.3 Å². The maximum Gasteiger partial charge on any atom is 0.349 e. The average molecular weight is 411 g/mol. The normalized spacial score (nSPS) is 12.4. The SMILES string of the molecule is CCOC(=O)C(C(N)=N/N=C\c1ccc(OCc2ccccc2)cc1)=C(O)OCC. The second kappa shape index (κ2) is 11.9. The van der Waals surface area contributed by atoms with Crippen molar-refractivity contribution in [3.63, 3.8) is 0 Å². The number of esters is 1. The molecule has 0 bridgehead atoms. The zero-order valence-electron chi connectivity index (χ0n) is 16.9. The highest BCUT2D eigenvalue weighted by molar-refractivity contribution is 6.18. The number of aliphatic hydroxyl groups is 1. The van der Waals surface area contributed by atoms with Crippen molar-refractivity contribution >= 4 is 18.0 Å². The van der Waals surface area contributed by atoms with E-state index in [1.54, 1.807) is 26.0 Å². The number of nitrogens with two attached hydrogens (primary N) is 1. The first-order chi connectivity index (χ1) is 14.5. The van der Waals surface area contributed by atoms with Crippen LogP contribution in [0.15, 0.2) is 76.3 Å². The summed E-state index contributed by atoms with van der Waals surface area (Å²) in [7, 11) is 0. The Labute approximate surface area is 175 Å². The van der Waals surface area contributed by atoms with Crippen molar-refractivity contribution in [3.05, 3.63) is 77.2 Å². The Kier molecular flexibility index (Phi) is 8.92. The monoisotopic (exact) mass is 411 g/mol. The van der Waals surface area contributed by atoms with Crippen molar-refractivity contribution in [2.45, 2.75) is 20.5 Å². The second-order valence-corrected chi connectivity index (χ2v) is 5.91. The Bertz CT molecular complexity index is 906. The van der Waals surface area contributed by atoms with Gasteiger partial charge >= 0.3 is 5.97 Å². The van der Waals surface area contributed by atoms with Crippen molar-refractivity contribution in [1.29, 1.82) is 0 Å². The maximum atomic E-state index is 12.0. The number of aliphatic hydroxyl groups excluding tert-OH is 1. The number of amidine groups is 1. The highest BCUT2D eigenvalue weighted by Crippen LogP contribution is 2.13. The van der Waals surface area contributed by atoms with Crippen LogP contribution in [-0.4, -0.2) is 36.3 Å². The number of carbonyl (C=O) groups is 1. The van der Waals surface area contributed by atoms with E-state index in [2.05, 4.69) is 10.2 Å². The number of rotatable bonds is 10. The minimum absolute atomic E-state index is 0.108. The van der Waals surface area contributed by atoms with Crippen LogP contribution in [0.25, 0.3) is 0 Å². The summed E-state index contributed by atoms with van der Waals surface area (Å²) in [5, 5.41) is 17.5. The molecule has 30 heavy (non-hydrogen) atoms. The van der Waals surface area contributed by atoms with Crippen LogP contribution in [0.1, 0.15) is 25.0 Å². The molecule has 0 aliphatic carbocycles. The zero-order chi connectivity index (χ0) is 21.8. The van der Waals surface area contributed by atoms with Crippen molar-refractivity contribution in [3.8, 4) is 5.75 Å². The molecule has 0 heterocycles. The summed E-state index contributed by atoms with van der Waals surface area (Å²) in [5.74, 6) is -1.11. The summed E-state index contributed by atoms with van der Waals surface area (Å²) in [4.78, 5) is 12.0. The number of carbonyl (C=O) groups excluding carboxylic acids is 1. The van der Waals surface area contributed by atoms with Crippen LogP contribution in [0.3, 0.4) is 0 Å². The first-order valence-corrected chi connectivity index (χ1v) is 9.42. The summed E-state index contributed by atoms with van der Waals surface area (Å²) in [6, 6.07) is 17.1. The largest absolute Gasteiger partial charge is 0.489 e. The molecular weight excluding hydrogens is 386 g/mol. The van der Waals surface area contributed by atoms with Crippen LogP contribution in [0.5, 0.6) is 5.75 Å². The molecule has 0 radical (unpaired) electrons. The molecular formula is C22H25N3O5. The van der Waals surface area contributed by atoms with Crippen molar-refractivity contribution < 1.29 is 24.1 Å². The van der Waals surface area contributed by atoms with Gasteiger partial charge in [0, 0.05) is 0 Å². The van der Waals surface area contributed by atoms with Crippen LogP contribution in [0, 0.1) is 0 Å². The Hall–Kier alpha value is -3.81. The van der Waals surface area contributed by atoms with Gasteiger partial charge in [-0.05, 0) is 49.2 Å². The molecule has 2 aromatic rings. The number of hydrogen-bond acceptors (Lipinski definition) is 7. The predicted molar refractivity (Wildman–Crippen MR) is 114 cm³/mol. The molecule has 0 atom stereocenters. The van der Waals surface area contributed by atoms with Crippen LogP contribution >= 0.6 is 0 Å². The summed E-state index contributed by atoms with van der Waals surface area (Å²) in [6.45, 7) is 4.01. The van der Waals surface area contributed by atoms with Gasteiger partial charge in [-0.25, -0.2) is 4.79 Å². The minimum Gasteiger partial charge on any atom is -0.489 e. The van der Waals surface area contributed by atoms with Gasteiger partial charge in [0.1, 0.15) is 12.4 Å². The summed E-state index contributed by atoms with van der Waals surface area (Å²) < 4.78 is 15.5. The Balaban J connectivity index is 2.03. The highest BCUT2D eigenvalue weighted by atomic mass is 16.6. The molecule has 3 N–H and O–H groups in total. The van der Waals surface area contributed by atoms with Crippen molar-refractivity contribution in [2.75, 3.05) is 13.2 Å². The van der Waals surface area contributed by atoms with E-state index in [1.165, 1.54) is 6.21 Å². The fraction of sp³-hybridized carbons (Fsp3) is 0.227. The lowest BCUT2D eigenvalue weighted by Gasteiger charge is -2.08. The van der Waals surface area contributed by atoms with Gasteiger partial charge in [0.15, 0.2) is 11.4 Å². The lowest BCUT2D eigenvalue weighted by atomic mass is 10.2. The topological polar surface area (TPSA) is 116 Å². The molecule has 0 unspecified atom stereocenters. The summed E-state index contributed by atoms with van der Waals surface area (Å²) >= 11 is 0. The molecule has 8 heteroatoms. The third kappa shape index (κ3) is 6.97. The maximum absolute atomic E-state index is 12.0. The molecule has 0 aliphatic rings. The van der Waals surface area contributed by atoms with Crippen LogP contribution in [0.2, 0.25) is 0 Å². The van der Waals surface area contributed by atoms with Gasteiger partial charge in [0.05, 0.1) is 19.4 Å². The lowest BCUT2D eigenvalue weighted by molar-refractivity contribution is -0.138. The Morgan fingerprint density at radius 3 is 2.33 bits per heavy atom. The molecule has 8 nitrogen and oxygen atoms in total. The van der Waals surface area contributed by atoms with E-state index < -0.39 is 11.9 Å². The van der Waals surface area contributed by atoms with E-state index in [0.717, 1.165) is 11.1 Å². The molecule has 2 aromatic carbocycles. The first-order valence-electron chi connectivity index (χ1n) is 9.42. The number of nitrogens with zero attached hydrogens (tertiary/aromatic N) is 2. The molecule has 0 aliphatic heterocycles. The number of hydrogen-bond donors (Lipinski definition) is 2. The smallest absolute Gasteiger partial charge is 0.349 e. The molecule has 2 rings (SSSR count). The number of ether oxygens (including phenoxy) is 3. The van der Waals surface area contributed by atoms with Crippen LogP contribution in [0.4, 0.5) is 0 Å². The van der Waals surface area contributed by atoms with Gasteiger partial charge in [-0.2, -0.15) is 5.10 Å². The zero-order valence-corrected chi connectivity index (χ0v) is 16.9. The highest BCUT2D eigenvalue weighted by Gasteiger charge is 2.22. The lowest BCUT2D eigenvalue weighted by Crippen LogP contribution is -2.25. The van der Waals surface area contributed by atoms with Gasteiger partial charge in [0.2, 0.25) is 0 Å². The van der Waals surface area contributed by atoms with E-state index in [1.807, 2.05) is 42.5 Å². The van der Waals surface area contributed by atoms with Crippen molar-refractivity contribution in [2.24, 2.45) is 15.9 Å². The van der Waals surface area contributed by atoms with Gasteiger partial charge in [-0.15, -0.1) is 5.10 Å². The Morgan fingerprint density at radius 1 is 1.03 bits per heavy atom. The molecule has 0 aromatic heterocycles. The fourth-order valence-corrected chi connectivity index (χ4v) is 2.31. The number of benzene rings is 2. The van der Waals surface area contributed by atoms with E-state index in [-0.39, 0.29) is 24.6 Å². The third-order valence-electron chi connectivity index (χ3n) is 3.73. The molecule has 0 saturated carbocycles.